The summed E-state index contributed by atoms with van der Waals surface area (Å²) in [6, 6.07) is 7.00. The number of aryl methyl sites for hydroxylation is 3. The number of benzene rings is 1. The first-order valence-electron chi connectivity index (χ1n) is 9.51. The van der Waals surface area contributed by atoms with Crippen molar-refractivity contribution in [3.63, 3.8) is 0 Å². The number of carbonyl (C=O) groups excluding carboxylic acids is 2. The largest absolute Gasteiger partial charge is 0.465 e. The van der Waals surface area contributed by atoms with Gasteiger partial charge in [-0.25, -0.2) is 14.6 Å². The number of amides is 4. The van der Waals surface area contributed by atoms with Crippen LogP contribution in [0.4, 0.5) is 20.4 Å². The number of hydrogen-bond donors (Lipinski definition) is 7. The van der Waals surface area contributed by atoms with Gasteiger partial charge in [-0.05, 0) is 37.0 Å². The normalized spacial score (nSPS) is 10.4. The molecule has 0 aliphatic carbocycles. The molecule has 1 aromatic heterocycles. The third kappa shape index (κ3) is 8.47. The van der Waals surface area contributed by atoms with Crippen LogP contribution in [0, 0.1) is 0 Å². The number of nitrogens with two attached hydrogens (primary N) is 1. The van der Waals surface area contributed by atoms with E-state index in [1.165, 1.54) is 18.3 Å². The van der Waals surface area contributed by atoms with Crippen LogP contribution in [0.2, 0.25) is 0 Å². The van der Waals surface area contributed by atoms with Crippen LogP contribution in [0.3, 0.4) is 0 Å². The van der Waals surface area contributed by atoms with Gasteiger partial charge in [0.1, 0.15) is 0 Å². The highest BCUT2D eigenvalue weighted by molar-refractivity contribution is 7.15. The Morgan fingerprint density at radius 3 is 2.19 bits per heavy atom. The summed E-state index contributed by atoms with van der Waals surface area (Å²) in [5.74, 6) is -0.649. The van der Waals surface area contributed by atoms with Gasteiger partial charge in [0.25, 0.3) is 0 Å². The fraction of sp³-hybridized carbons (Fsp3) is 0.316. The number of hydrogen-bond acceptors (Lipinski definition) is 7. The molecule has 0 saturated heterocycles. The van der Waals surface area contributed by atoms with Crippen molar-refractivity contribution in [2.45, 2.75) is 38.9 Å². The Kier molecular flexibility index (Phi) is 8.77. The Hall–Kier alpha value is -3.87. The molecule has 1 aromatic carbocycles. The van der Waals surface area contributed by atoms with Crippen LogP contribution in [-0.2, 0) is 28.9 Å². The van der Waals surface area contributed by atoms with Gasteiger partial charge in [-0.2, -0.15) is 0 Å². The Bertz CT molecular complexity index is 961. The summed E-state index contributed by atoms with van der Waals surface area (Å²) in [4.78, 5) is 49.3. The SMILES string of the molecule is CC(=O)Nc1nc(CCc2ccc(NC(NC(=O)O)NC(=O)O)cc2)c(CCC(N)=O)s1. The summed E-state index contributed by atoms with van der Waals surface area (Å²) < 4.78 is 0. The minimum absolute atomic E-state index is 0.186. The molecule has 0 radical (unpaired) electrons. The van der Waals surface area contributed by atoms with Gasteiger partial charge in [0.15, 0.2) is 11.4 Å². The van der Waals surface area contributed by atoms with Gasteiger partial charge >= 0.3 is 12.2 Å². The number of rotatable bonds is 11. The van der Waals surface area contributed by atoms with Crippen LogP contribution >= 0.6 is 11.3 Å². The highest BCUT2D eigenvalue weighted by Gasteiger charge is 2.15. The predicted octanol–water partition coefficient (Wildman–Crippen LogP) is 1.54. The Morgan fingerprint density at radius 1 is 1.03 bits per heavy atom. The summed E-state index contributed by atoms with van der Waals surface area (Å²) in [7, 11) is 0. The number of nitrogens with one attached hydrogen (secondary N) is 4. The van der Waals surface area contributed by atoms with Crippen molar-refractivity contribution in [1.82, 2.24) is 15.6 Å². The van der Waals surface area contributed by atoms with Crippen LogP contribution in [0.5, 0.6) is 0 Å². The van der Waals surface area contributed by atoms with Gasteiger partial charge in [0.05, 0.1) is 5.69 Å². The summed E-state index contributed by atoms with van der Waals surface area (Å²) in [6.45, 7) is 1.39. The number of aromatic nitrogens is 1. The molecule has 4 amide bonds. The van der Waals surface area contributed by atoms with E-state index < -0.39 is 24.4 Å². The first-order valence-corrected chi connectivity index (χ1v) is 10.3. The van der Waals surface area contributed by atoms with E-state index in [1.807, 2.05) is 22.8 Å². The number of carbonyl (C=O) groups is 4. The fourth-order valence-corrected chi connectivity index (χ4v) is 3.82. The summed E-state index contributed by atoms with van der Waals surface area (Å²) in [5.41, 5.74) is 7.48. The average molecular weight is 465 g/mol. The van der Waals surface area contributed by atoms with Crippen LogP contribution < -0.4 is 27.0 Å². The first-order chi connectivity index (χ1) is 15.1. The molecule has 32 heavy (non-hydrogen) atoms. The summed E-state index contributed by atoms with van der Waals surface area (Å²) in [6.07, 6.45) is -2.17. The summed E-state index contributed by atoms with van der Waals surface area (Å²) >= 11 is 1.31. The quantitative estimate of drug-likeness (QED) is 0.243. The highest BCUT2D eigenvalue weighted by Crippen LogP contribution is 2.26. The van der Waals surface area contributed by atoms with Crippen molar-refractivity contribution >= 4 is 46.2 Å². The van der Waals surface area contributed by atoms with Gasteiger partial charge in [-0.15, -0.1) is 11.3 Å². The minimum atomic E-state index is -1.39. The third-order valence-corrected chi connectivity index (χ3v) is 5.18. The molecule has 0 unspecified atom stereocenters. The molecule has 172 valence electrons. The van der Waals surface area contributed by atoms with E-state index in [1.54, 1.807) is 12.1 Å². The minimum Gasteiger partial charge on any atom is -0.465 e. The standard InChI is InChI=1S/C19H24N6O6S/c1-10(26)21-17-23-13(14(32-17)8-9-15(20)27)7-4-11-2-5-12(6-3-11)22-16(24-18(28)29)25-19(30)31/h2-3,5-6,16,22,24-25H,4,7-9H2,1H3,(H2,20,27)(H,28,29)(H,30,31)(H,21,23,26). The van der Waals surface area contributed by atoms with Gasteiger partial charge in [-0.3, -0.25) is 20.2 Å². The van der Waals surface area contributed by atoms with Crippen LogP contribution in [-0.4, -0.2) is 45.5 Å². The van der Waals surface area contributed by atoms with E-state index in [0.29, 0.717) is 30.1 Å². The molecule has 8 N–H and O–H groups in total. The number of carboxylic acid groups (broad SMARTS) is 2. The molecule has 13 heteroatoms. The van der Waals surface area contributed by atoms with Crippen molar-refractivity contribution in [1.29, 1.82) is 0 Å². The lowest BCUT2D eigenvalue weighted by atomic mass is 10.1. The molecule has 0 spiro atoms. The van der Waals surface area contributed by atoms with Crippen LogP contribution in [0.25, 0.3) is 0 Å². The van der Waals surface area contributed by atoms with Crippen LogP contribution in [0.15, 0.2) is 24.3 Å². The zero-order chi connectivity index (χ0) is 23.7. The number of anilines is 2. The van der Waals surface area contributed by atoms with Crippen molar-refractivity contribution < 1.29 is 29.4 Å². The molecular weight excluding hydrogens is 440 g/mol. The number of nitrogens with zero attached hydrogens (tertiary/aromatic N) is 1. The predicted molar refractivity (Wildman–Crippen MR) is 118 cm³/mol. The maximum Gasteiger partial charge on any atom is 0.407 e. The van der Waals surface area contributed by atoms with Gasteiger partial charge in [-0.1, -0.05) is 12.1 Å². The van der Waals surface area contributed by atoms with Crippen molar-refractivity contribution in [3.05, 3.63) is 40.4 Å². The number of primary amides is 1. The van der Waals surface area contributed by atoms with Crippen molar-refractivity contribution in [2.75, 3.05) is 10.6 Å². The second-order valence-corrected chi connectivity index (χ2v) is 7.79. The lowest BCUT2D eigenvalue weighted by Gasteiger charge is -2.19. The molecule has 2 aromatic rings. The lowest BCUT2D eigenvalue weighted by Crippen LogP contribution is -2.52. The molecule has 0 atom stereocenters. The average Bonchev–Trinajstić information content (AvgIpc) is 3.05. The fourth-order valence-electron chi connectivity index (χ4n) is 2.77. The van der Waals surface area contributed by atoms with E-state index in [2.05, 4.69) is 15.6 Å². The molecule has 0 bridgehead atoms. The molecule has 12 nitrogen and oxygen atoms in total. The monoisotopic (exact) mass is 464 g/mol. The maximum absolute atomic E-state index is 11.3. The second kappa shape index (κ2) is 11.5. The smallest absolute Gasteiger partial charge is 0.407 e. The van der Waals surface area contributed by atoms with E-state index in [9.17, 15) is 19.2 Å². The van der Waals surface area contributed by atoms with Gasteiger partial charge in [0, 0.05) is 23.9 Å². The Labute approximate surface area is 187 Å². The maximum atomic E-state index is 11.3. The molecule has 2 rings (SSSR count). The van der Waals surface area contributed by atoms with Gasteiger partial charge in [0.2, 0.25) is 11.8 Å². The molecule has 1 heterocycles. The third-order valence-electron chi connectivity index (χ3n) is 4.11. The van der Waals surface area contributed by atoms with E-state index in [4.69, 9.17) is 15.9 Å². The van der Waals surface area contributed by atoms with Gasteiger partial charge < -0.3 is 26.6 Å². The Morgan fingerprint density at radius 2 is 1.66 bits per heavy atom. The molecule has 0 aliphatic rings. The molecule has 0 saturated carbocycles. The Balaban J connectivity index is 2.03. The first kappa shape index (κ1) is 24.4. The zero-order valence-corrected chi connectivity index (χ0v) is 18.0. The molecule has 0 aliphatic heterocycles. The second-order valence-electron chi connectivity index (χ2n) is 6.71. The van der Waals surface area contributed by atoms with Crippen molar-refractivity contribution in [2.24, 2.45) is 5.73 Å². The van der Waals surface area contributed by atoms with E-state index in [-0.39, 0.29) is 12.3 Å². The highest BCUT2D eigenvalue weighted by atomic mass is 32.1. The zero-order valence-electron chi connectivity index (χ0n) is 17.2. The van der Waals surface area contributed by atoms with Crippen LogP contribution in [0.1, 0.15) is 29.5 Å². The van der Waals surface area contributed by atoms with E-state index in [0.717, 1.165) is 16.1 Å². The molecule has 0 fully saturated rings. The lowest BCUT2D eigenvalue weighted by molar-refractivity contribution is -0.118. The summed E-state index contributed by atoms with van der Waals surface area (Å²) in [5, 5.41) is 27.5. The van der Waals surface area contributed by atoms with E-state index >= 15 is 0 Å². The number of thiazole rings is 1. The molecular formula is C19H24N6O6S. The topological polar surface area (TPSA) is 196 Å². The van der Waals surface area contributed by atoms with Crippen molar-refractivity contribution in [3.8, 4) is 0 Å².